The fourth-order valence-corrected chi connectivity index (χ4v) is 3.18. The van der Waals surface area contributed by atoms with Gasteiger partial charge >= 0.3 is 103 Å². The van der Waals surface area contributed by atoms with Crippen LogP contribution in [-0.4, -0.2) is 21.4 Å². The summed E-state index contributed by atoms with van der Waals surface area (Å²) in [6.45, 7) is 6.01. The number of carbonyl (C=O) groups is 1. The molecule has 0 atom stereocenters. The molecule has 0 aromatic carbocycles. The molecule has 0 saturated heterocycles. The summed E-state index contributed by atoms with van der Waals surface area (Å²) < 4.78 is 0. The van der Waals surface area contributed by atoms with E-state index in [4.69, 9.17) is 0 Å². The summed E-state index contributed by atoms with van der Waals surface area (Å²) in [5.74, 6) is -2.14. The fraction of sp³-hybridized carbons (Fsp3) is 0.417. The molecule has 2 N–H and O–H groups in total. The first-order valence-electron chi connectivity index (χ1n) is 5.58. The Balaban J connectivity index is 0. The molecule has 2 aromatic heterocycles. The molecule has 9 heteroatoms. The van der Waals surface area contributed by atoms with Gasteiger partial charge in [-0.1, -0.05) is 13.8 Å². The van der Waals surface area contributed by atoms with Gasteiger partial charge in [-0.15, -0.1) is 11.3 Å². The fourth-order valence-electron chi connectivity index (χ4n) is 1.80. The van der Waals surface area contributed by atoms with E-state index < -0.39 is 17.7 Å². The summed E-state index contributed by atoms with van der Waals surface area (Å²) in [5, 5.41) is 22.9. The number of fused-ring (bicyclic) bond motifs is 1. The predicted molar refractivity (Wildman–Crippen MR) is 68.1 cm³/mol. The number of hydrogen-bond donors (Lipinski definition) is 0. The van der Waals surface area contributed by atoms with Crippen molar-refractivity contribution in [2.75, 3.05) is 0 Å². The SMILES string of the molecule is Cc1c(CC(C)C)sc2nc(C(=O)[O-])nc([O-])c12.O.[K+].[K+]. The number of carbonyl (C=O) groups excluding carboxylic acids is 1. The predicted octanol–water partition coefficient (Wildman–Crippen LogP) is -6.18. The third kappa shape index (κ3) is 5.84. The number of aromatic nitrogens is 2. The van der Waals surface area contributed by atoms with E-state index in [9.17, 15) is 15.0 Å². The van der Waals surface area contributed by atoms with Crippen molar-refractivity contribution >= 4 is 27.5 Å². The van der Waals surface area contributed by atoms with Gasteiger partial charge in [0, 0.05) is 16.1 Å². The largest absolute Gasteiger partial charge is 1.00 e. The second kappa shape index (κ2) is 10.4. The van der Waals surface area contributed by atoms with E-state index in [1.54, 1.807) is 0 Å². The number of carboxylic acid groups (broad SMARTS) is 1. The van der Waals surface area contributed by atoms with Crippen LogP contribution in [0.1, 0.15) is 34.9 Å². The van der Waals surface area contributed by atoms with Gasteiger partial charge in [0.1, 0.15) is 10.8 Å². The molecule has 0 spiro atoms. The van der Waals surface area contributed by atoms with Crippen LogP contribution in [0.4, 0.5) is 0 Å². The van der Waals surface area contributed by atoms with Gasteiger partial charge in [-0.2, -0.15) is 0 Å². The average Bonchev–Trinajstić information content (AvgIpc) is 2.55. The van der Waals surface area contributed by atoms with Crippen molar-refractivity contribution < 1.29 is 123 Å². The Morgan fingerprint density at radius 3 is 2.33 bits per heavy atom. The quantitative estimate of drug-likeness (QED) is 0.504. The van der Waals surface area contributed by atoms with Crippen LogP contribution in [0, 0.1) is 12.8 Å². The van der Waals surface area contributed by atoms with E-state index in [0.29, 0.717) is 16.1 Å². The molecule has 0 aliphatic heterocycles. The van der Waals surface area contributed by atoms with Crippen LogP contribution in [0.15, 0.2) is 0 Å². The van der Waals surface area contributed by atoms with Gasteiger partial charge in [0.25, 0.3) is 0 Å². The molecule has 2 rings (SSSR count). The first-order valence-corrected chi connectivity index (χ1v) is 6.40. The number of nitrogens with zero attached hydrogens (tertiary/aromatic N) is 2. The van der Waals surface area contributed by atoms with E-state index in [2.05, 4.69) is 23.8 Å². The Kier molecular flexibility index (Phi) is 12.3. The second-order valence-electron chi connectivity index (χ2n) is 4.57. The number of aryl methyl sites for hydroxylation is 1. The number of hydrogen-bond acceptors (Lipinski definition) is 6. The molecule has 0 radical (unpaired) electrons. The van der Waals surface area contributed by atoms with Crippen LogP contribution in [0.5, 0.6) is 5.88 Å². The minimum absolute atomic E-state index is 0. The smallest absolute Gasteiger partial charge is 0.858 e. The van der Waals surface area contributed by atoms with E-state index in [1.165, 1.54) is 11.3 Å². The monoisotopic (exact) mass is 360 g/mol. The molecule has 0 saturated carbocycles. The van der Waals surface area contributed by atoms with Gasteiger partial charge < -0.3 is 20.5 Å². The van der Waals surface area contributed by atoms with Gasteiger partial charge in [-0.05, 0) is 24.8 Å². The van der Waals surface area contributed by atoms with Crippen molar-refractivity contribution in [1.29, 1.82) is 0 Å². The molecule has 6 nitrogen and oxygen atoms in total. The molecule has 0 unspecified atom stereocenters. The number of rotatable bonds is 3. The van der Waals surface area contributed by atoms with Crippen molar-refractivity contribution in [1.82, 2.24) is 9.97 Å². The molecule has 2 aromatic rings. The topological polar surface area (TPSA) is 120 Å². The maximum atomic E-state index is 11.8. The van der Waals surface area contributed by atoms with Crippen molar-refractivity contribution in [2.24, 2.45) is 5.92 Å². The molecule has 0 aliphatic rings. The van der Waals surface area contributed by atoms with E-state index in [0.717, 1.165) is 16.9 Å². The zero-order valence-corrected chi connectivity index (χ0v) is 19.9. The van der Waals surface area contributed by atoms with Crippen molar-refractivity contribution in [3.05, 3.63) is 16.3 Å². The van der Waals surface area contributed by atoms with E-state index in [1.807, 2.05) is 6.92 Å². The zero-order chi connectivity index (χ0) is 13.4. The summed E-state index contributed by atoms with van der Waals surface area (Å²) in [4.78, 5) is 19.5. The number of thiophene rings is 1. The van der Waals surface area contributed by atoms with E-state index in [-0.39, 0.29) is 108 Å². The van der Waals surface area contributed by atoms with Crippen molar-refractivity contribution in [3.63, 3.8) is 0 Å². The van der Waals surface area contributed by atoms with Crippen LogP contribution < -0.4 is 113 Å². The third-order valence-electron chi connectivity index (χ3n) is 2.63. The van der Waals surface area contributed by atoms with Crippen LogP contribution in [0.25, 0.3) is 10.2 Å². The molecule has 0 amide bonds. The van der Waals surface area contributed by atoms with E-state index >= 15 is 0 Å². The zero-order valence-electron chi connectivity index (χ0n) is 12.8. The second-order valence-corrected chi connectivity index (χ2v) is 5.65. The summed E-state index contributed by atoms with van der Waals surface area (Å²) >= 11 is 1.36. The summed E-state index contributed by atoms with van der Waals surface area (Å²) in [7, 11) is 0. The Labute approximate surface area is 211 Å². The normalized spacial score (nSPS) is 9.71. The van der Waals surface area contributed by atoms with Crippen molar-refractivity contribution in [3.8, 4) is 5.88 Å². The Hall–Kier alpha value is 1.54. The third-order valence-corrected chi connectivity index (χ3v) is 3.84. The van der Waals surface area contributed by atoms with Crippen LogP contribution in [-0.2, 0) is 6.42 Å². The molecule has 2 heterocycles. The standard InChI is InChI=1S/C12H14N2O3S.2K.H2O/c1-5(2)4-7-6(3)8-10(15)13-9(12(16)17)14-11(8)18-7;;;/h5H,4H2,1-3H3,(H,16,17)(H,13,14,15);;;1H2/q;2*+1;/p-2. The molecule has 21 heavy (non-hydrogen) atoms. The number of aromatic carboxylic acids is 1. The average molecular weight is 361 g/mol. The van der Waals surface area contributed by atoms with Gasteiger partial charge in [0.2, 0.25) is 0 Å². The van der Waals surface area contributed by atoms with Gasteiger partial charge in [-0.25, -0.2) is 9.97 Å². The summed E-state index contributed by atoms with van der Waals surface area (Å²) in [6, 6.07) is 0. The Morgan fingerprint density at radius 1 is 1.29 bits per heavy atom. The van der Waals surface area contributed by atoms with Gasteiger partial charge in [0.15, 0.2) is 5.82 Å². The minimum atomic E-state index is -1.52. The van der Waals surface area contributed by atoms with Gasteiger partial charge in [0.05, 0.1) is 0 Å². The summed E-state index contributed by atoms with van der Waals surface area (Å²) in [6.07, 6.45) is 0.840. The van der Waals surface area contributed by atoms with Gasteiger partial charge in [-0.3, -0.25) is 0 Å². The summed E-state index contributed by atoms with van der Waals surface area (Å²) in [5.41, 5.74) is 0.860. The first kappa shape index (κ1) is 24.8. The molecular formula is C12H14K2N2O4S. The maximum absolute atomic E-state index is 11.8. The Bertz CT molecular complexity index is 631. The maximum Gasteiger partial charge on any atom is 1.00 e. The first-order chi connectivity index (χ1) is 8.40. The van der Waals surface area contributed by atoms with Crippen LogP contribution in [0.2, 0.25) is 0 Å². The molecule has 0 fully saturated rings. The van der Waals surface area contributed by atoms with Crippen LogP contribution >= 0.6 is 11.3 Å². The minimum Gasteiger partial charge on any atom is -0.858 e. The molecule has 0 aliphatic carbocycles. The van der Waals surface area contributed by atoms with Crippen LogP contribution in [0.3, 0.4) is 0 Å². The Morgan fingerprint density at radius 2 is 1.86 bits per heavy atom. The van der Waals surface area contributed by atoms with Crippen molar-refractivity contribution in [2.45, 2.75) is 27.2 Å². The molecule has 0 bridgehead atoms. The molecular weight excluding hydrogens is 346 g/mol. The molecule has 104 valence electrons. The number of carboxylic acids is 1.